The third kappa shape index (κ3) is 8.26. The molecule has 0 aliphatic heterocycles. The molecule has 39 heavy (non-hydrogen) atoms. The zero-order valence-electron chi connectivity index (χ0n) is 20.7. The summed E-state index contributed by atoms with van der Waals surface area (Å²) in [6, 6.07) is 16.4. The molecular formula is C25H24F3N5O5S. The number of azo groups is 1. The summed E-state index contributed by atoms with van der Waals surface area (Å²) in [4.78, 5) is 24.4. The first-order chi connectivity index (χ1) is 18.2. The lowest BCUT2D eigenvalue weighted by Crippen LogP contribution is -2.36. The molecule has 1 amide bonds. The van der Waals surface area contributed by atoms with Gasteiger partial charge < -0.3 is 20.6 Å². The summed E-state index contributed by atoms with van der Waals surface area (Å²) in [5.41, 5.74) is 1.77. The normalized spacial score (nSPS) is 11.8. The van der Waals surface area contributed by atoms with Gasteiger partial charge in [0.15, 0.2) is 9.84 Å². The molecule has 0 saturated heterocycles. The Labute approximate surface area is 222 Å². The quantitative estimate of drug-likeness (QED) is 0.298. The van der Waals surface area contributed by atoms with E-state index in [1.165, 1.54) is 30.3 Å². The number of nitrogens with one attached hydrogen (secondary N) is 2. The summed E-state index contributed by atoms with van der Waals surface area (Å²) >= 11 is 0. The molecule has 0 bridgehead atoms. The van der Waals surface area contributed by atoms with Crippen LogP contribution in [0.5, 0.6) is 0 Å². The molecule has 0 aliphatic rings. The van der Waals surface area contributed by atoms with E-state index in [4.69, 9.17) is 0 Å². The van der Waals surface area contributed by atoms with Gasteiger partial charge in [-0.25, -0.2) is 13.2 Å². The molecule has 3 rings (SSSR count). The van der Waals surface area contributed by atoms with E-state index in [-0.39, 0.29) is 21.7 Å². The summed E-state index contributed by atoms with van der Waals surface area (Å²) in [6.45, 7) is -0.614. The monoisotopic (exact) mass is 563 g/mol. The molecule has 0 aromatic heterocycles. The number of rotatable bonds is 10. The van der Waals surface area contributed by atoms with Crippen molar-refractivity contribution in [3.05, 3.63) is 77.9 Å². The minimum atomic E-state index is -5.10. The van der Waals surface area contributed by atoms with E-state index >= 15 is 0 Å². The highest BCUT2D eigenvalue weighted by Crippen LogP contribution is 2.24. The fourth-order valence-electron chi connectivity index (χ4n) is 3.22. The van der Waals surface area contributed by atoms with Crippen molar-refractivity contribution in [2.45, 2.75) is 17.6 Å². The molecule has 0 aliphatic carbocycles. The molecule has 0 fully saturated rings. The topological polar surface area (TPSA) is 141 Å². The highest BCUT2D eigenvalue weighted by molar-refractivity contribution is 7.91. The minimum Gasteiger partial charge on any atom is -0.478 e. The van der Waals surface area contributed by atoms with Gasteiger partial charge in [0.05, 0.1) is 21.8 Å². The van der Waals surface area contributed by atoms with Gasteiger partial charge in [0.1, 0.15) is 5.88 Å². The van der Waals surface area contributed by atoms with Crippen molar-refractivity contribution in [1.29, 1.82) is 0 Å². The third-order valence-corrected chi connectivity index (χ3v) is 6.77. The maximum absolute atomic E-state index is 12.8. The molecule has 3 aromatic rings. The predicted molar refractivity (Wildman–Crippen MR) is 138 cm³/mol. The van der Waals surface area contributed by atoms with Crippen LogP contribution in [0.25, 0.3) is 0 Å². The number of sulfone groups is 1. The number of hydrogen-bond donors (Lipinski definition) is 3. The van der Waals surface area contributed by atoms with Gasteiger partial charge >= 0.3 is 18.1 Å². The van der Waals surface area contributed by atoms with Gasteiger partial charge in [-0.3, -0.25) is 4.79 Å². The Hall–Kier alpha value is -4.46. The van der Waals surface area contributed by atoms with Crippen LogP contribution >= 0.6 is 0 Å². The number of anilines is 2. The van der Waals surface area contributed by atoms with E-state index in [1.54, 1.807) is 17.4 Å². The largest absolute Gasteiger partial charge is 0.478 e. The summed E-state index contributed by atoms with van der Waals surface area (Å²) < 4.78 is 62.9. The van der Waals surface area contributed by atoms with E-state index in [1.807, 2.05) is 31.1 Å². The molecule has 0 atom stereocenters. The van der Waals surface area contributed by atoms with E-state index in [0.29, 0.717) is 11.4 Å². The van der Waals surface area contributed by atoms with Gasteiger partial charge in [0, 0.05) is 32.0 Å². The van der Waals surface area contributed by atoms with Crippen LogP contribution in [0.15, 0.2) is 81.9 Å². The lowest BCUT2D eigenvalue weighted by Gasteiger charge is -2.12. The van der Waals surface area contributed by atoms with E-state index in [0.717, 1.165) is 17.8 Å². The molecule has 0 saturated carbocycles. The second kappa shape index (κ2) is 11.9. The van der Waals surface area contributed by atoms with Crippen molar-refractivity contribution in [3.63, 3.8) is 0 Å². The van der Waals surface area contributed by atoms with Gasteiger partial charge in [0.2, 0.25) is 0 Å². The van der Waals surface area contributed by atoms with Crippen molar-refractivity contribution in [2.24, 2.45) is 10.2 Å². The zero-order valence-corrected chi connectivity index (χ0v) is 21.5. The lowest BCUT2D eigenvalue weighted by atomic mass is 10.1. The average molecular weight is 564 g/mol. The zero-order chi connectivity index (χ0) is 28.8. The van der Waals surface area contributed by atoms with Gasteiger partial charge in [-0.1, -0.05) is 0 Å². The predicted octanol–water partition coefficient (Wildman–Crippen LogP) is 4.89. The van der Waals surface area contributed by atoms with Crippen LogP contribution in [-0.4, -0.2) is 51.5 Å². The first-order valence-electron chi connectivity index (χ1n) is 11.2. The standard InChI is InChI=1S/C25H24F3N5O5S/c1-33(2)21-7-3-18(4-8-21)31-32-19-5-9-22(10-6-19)39(37,38)15-30-20-12-16(11-17(13-20)23(34)35)14-29-24(36)25(26,27)28/h3-13,30H,14-15H2,1-2H3,(H,29,36)(H,34,35). The Bertz CT molecular complexity index is 1470. The smallest absolute Gasteiger partial charge is 0.471 e. The third-order valence-electron chi connectivity index (χ3n) is 5.26. The number of carbonyl (C=O) groups excluding carboxylic acids is 1. The van der Waals surface area contributed by atoms with Gasteiger partial charge in [-0.15, -0.1) is 0 Å². The van der Waals surface area contributed by atoms with Crippen LogP contribution in [0, 0.1) is 0 Å². The first kappa shape index (κ1) is 29.1. The molecular weight excluding hydrogens is 539 g/mol. The van der Waals surface area contributed by atoms with Gasteiger partial charge in [0.25, 0.3) is 0 Å². The minimum absolute atomic E-state index is 0.0264. The highest BCUT2D eigenvalue weighted by Gasteiger charge is 2.38. The van der Waals surface area contributed by atoms with Crippen molar-refractivity contribution >= 4 is 44.5 Å². The number of carboxylic acids is 1. The molecule has 0 unspecified atom stereocenters. The SMILES string of the molecule is CN(C)c1ccc(N=Nc2ccc(S(=O)(=O)CNc3cc(CNC(=O)C(F)(F)F)cc(C(=O)O)c3)cc2)cc1. The van der Waals surface area contributed by atoms with Crippen LogP contribution in [0.4, 0.5) is 35.9 Å². The van der Waals surface area contributed by atoms with Crippen LogP contribution in [0.3, 0.4) is 0 Å². The Morgan fingerprint density at radius 3 is 2.00 bits per heavy atom. The van der Waals surface area contributed by atoms with Crippen molar-refractivity contribution < 1.29 is 36.3 Å². The number of benzene rings is 3. The number of carboxylic acid groups (broad SMARTS) is 1. The number of hydrogen-bond acceptors (Lipinski definition) is 8. The molecule has 0 heterocycles. The maximum atomic E-state index is 12.8. The van der Waals surface area contributed by atoms with E-state index in [2.05, 4.69) is 15.5 Å². The summed E-state index contributed by atoms with van der Waals surface area (Å²) in [6.07, 6.45) is -5.10. The van der Waals surface area contributed by atoms with Crippen LogP contribution in [0.1, 0.15) is 15.9 Å². The molecule has 3 aromatic carbocycles. The van der Waals surface area contributed by atoms with Gasteiger partial charge in [-0.2, -0.15) is 23.4 Å². The average Bonchev–Trinajstić information content (AvgIpc) is 2.89. The molecule has 10 nitrogen and oxygen atoms in total. The lowest BCUT2D eigenvalue weighted by molar-refractivity contribution is -0.173. The maximum Gasteiger partial charge on any atom is 0.471 e. The van der Waals surface area contributed by atoms with E-state index < -0.39 is 40.3 Å². The summed E-state index contributed by atoms with van der Waals surface area (Å²) in [5.74, 6) is -4.21. The fraction of sp³-hybridized carbons (Fsp3) is 0.200. The van der Waals surface area contributed by atoms with Crippen LogP contribution in [0.2, 0.25) is 0 Å². The summed E-state index contributed by atoms with van der Waals surface area (Å²) in [5, 5.41) is 21.7. The van der Waals surface area contributed by atoms with Crippen molar-refractivity contribution in [3.8, 4) is 0 Å². The van der Waals surface area contributed by atoms with Crippen LogP contribution in [-0.2, 0) is 21.2 Å². The number of alkyl halides is 3. The Morgan fingerprint density at radius 2 is 1.49 bits per heavy atom. The number of carbonyl (C=O) groups is 2. The number of aromatic carboxylic acids is 1. The molecule has 14 heteroatoms. The van der Waals surface area contributed by atoms with Crippen molar-refractivity contribution in [1.82, 2.24) is 5.32 Å². The number of halogens is 3. The molecule has 0 spiro atoms. The number of nitrogens with zero attached hydrogens (tertiary/aromatic N) is 3. The van der Waals surface area contributed by atoms with Crippen LogP contribution < -0.4 is 15.5 Å². The molecule has 0 radical (unpaired) electrons. The van der Waals surface area contributed by atoms with Crippen molar-refractivity contribution in [2.75, 3.05) is 30.2 Å². The Kier molecular flexibility index (Phi) is 8.91. The van der Waals surface area contributed by atoms with Gasteiger partial charge in [-0.05, 0) is 72.3 Å². The molecule has 3 N–H and O–H groups in total. The molecule has 206 valence electrons. The first-order valence-corrected chi connectivity index (χ1v) is 12.9. The Balaban J connectivity index is 1.68. The fourth-order valence-corrected chi connectivity index (χ4v) is 4.29. The Morgan fingerprint density at radius 1 is 0.923 bits per heavy atom. The summed E-state index contributed by atoms with van der Waals surface area (Å²) in [7, 11) is -0.0757. The number of amides is 1. The highest BCUT2D eigenvalue weighted by atomic mass is 32.2. The second-order valence-corrected chi connectivity index (χ2v) is 10.4. The second-order valence-electron chi connectivity index (χ2n) is 8.44. The van der Waals surface area contributed by atoms with E-state index in [9.17, 15) is 36.3 Å².